The average Bonchev–Trinajstić information content (AvgIpc) is 2.71. The van der Waals surface area contributed by atoms with Crippen molar-refractivity contribution in [1.82, 2.24) is 4.90 Å². The van der Waals surface area contributed by atoms with Crippen molar-refractivity contribution < 1.29 is 13.9 Å². The lowest BCUT2D eigenvalue weighted by atomic mass is 9.71. The van der Waals surface area contributed by atoms with Crippen molar-refractivity contribution in [3.05, 3.63) is 63.9 Å². The summed E-state index contributed by atoms with van der Waals surface area (Å²) in [5.41, 5.74) is 2.42. The van der Waals surface area contributed by atoms with E-state index >= 15 is 0 Å². The van der Waals surface area contributed by atoms with Gasteiger partial charge < -0.3 is 4.74 Å². The monoisotopic (exact) mass is 401 g/mol. The first-order valence-corrected chi connectivity index (χ1v) is 10.3. The Morgan fingerprint density at radius 1 is 1.18 bits per heavy atom. The van der Waals surface area contributed by atoms with Crippen LogP contribution in [0.2, 0.25) is 5.02 Å². The van der Waals surface area contributed by atoms with E-state index in [0.717, 1.165) is 67.6 Å². The van der Waals surface area contributed by atoms with Gasteiger partial charge in [-0.05, 0) is 86.5 Å². The van der Waals surface area contributed by atoms with E-state index in [1.807, 2.05) is 18.2 Å². The van der Waals surface area contributed by atoms with Crippen LogP contribution in [-0.4, -0.2) is 36.4 Å². The Bertz CT molecular complexity index is 900. The fraction of sp³-hybridized carbons (Fsp3) is 0.435. The van der Waals surface area contributed by atoms with Gasteiger partial charge >= 0.3 is 0 Å². The fourth-order valence-corrected chi connectivity index (χ4v) is 5.03. The van der Waals surface area contributed by atoms with E-state index in [1.165, 1.54) is 12.1 Å². The minimum atomic E-state index is -0.424. The summed E-state index contributed by atoms with van der Waals surface area (Å²) in [6.07, 6.45) is 5.50. The van der Waals surface area contributed by atoms with Crippen LogP contribution in [0.5, 0.6) is 5.75 Å². The number of likely N-dealkylation sites (tertiary alicyclic amines) is 1. The number of ether oxygens (including phenoxy) is 1. The van der Waals surface area contributed by atoms with Gasteiger partial charge in [0.15, 0.2) is 5.78 Å². The largest absolute Gasteiger partial charge is 0.497 e. The molecule has 2 aromatic carbocycles. The maximum atomic E-state index is 13.6. The van der Waals surface area contributed by atoms with Gasteiger partial charge in [0, 0.05) is 17.1 Å². The second-order valence-electron chi connectivity index (χ2n) is 7.81. The number of Topliss-reactive ketones (excluding diaryl/α,β-unsaturated/α-hetero) is 1. The van der Waals surface area contributed by atoms with Crippen LogP contribution in [0.3, 0.4) is 0 Å². The van der Waals surface area contributed by atoms with E-state index in [-0.39, 0.29) is 11.6 Å². The third-order valence-corrected chi connectivity index (χ3v) is 6.68. The molecule has 0 radical (unpaired) electrons. The summed E-state index contributed by atoms with van der Waals surface area (Å²) in [5, 5.41) is 0.457. The topological polar surface area (TPSA) is 29.5 Å². The summed E-state index contributed by atoms with van der Waals surface area (Å²) >= 11 is 6.21. The zero-order valence-electron chi connectivity index (χ0n) is 16.1. The molecule has 2 aromatic rings. The van der Waals surface area contributed by atoms with Crippen LogP contribution in [-0.2, 0) is 12.8 Å². The van der Waals surface area contributed by atoms with E-state index < -0.39 is 5.54 Å². The maximum absolute atomic E-state index is 13.6. The maximum Gasteiger partial charge on any atom is 0.183 e. The van der Waals surface area contributed by atoms with E-state index in [2.05, 4.69) is 4.90 Å². The third kappa shape index (κ3) is 3.44. The highest BCUT2D eigenvalue weighted by molar-refractivity contribution is 6.31. The molecule has 3 nitrogen and oxygen atoms in total. The predicted molar refractivity (Wildman–Crippen MR) is 109 cm³/mol. The molecule has 0 bridgehead atoms. The number of piperidine rings is 1. The minimum Gasteiger partial charge on any atom is -0.497 e. The molecule has 2 aliphatic rings. The van der Waals surface area contributed by atoms with Crippen LogP contribution >= 0.6 is 11.6 Å². The van der Waals surface area contributed by atoms with Gasteiger partial charge in [0.05, 0.1) is 12.6 Å². The van der Waals surface area contributed by atoms with Gasteiger partial charge in [0.2, 0.25) is 0 Å². The Kier molecular flexibility index (Phi) is 5.44. The molecule has 5 heteroatoms. The summed E-state index contributed by atoms with van der Waals surface area (Å²) in [4.78, 5) is 15.9. The number of fused-ring (bicyclic) bond motifs is 1. The lowest BCUT2D eigenvalue weighted by molar-refractivity contribution is 0.0298. The Morgan fingerprint density at radius 3 is 2.82 bits per heavy atom. The molecule has 1 saturated heterocycles. The zero-order valence-corrected chi connectivity index (χ0v) is 16.9. The van der Waals surface area contributed by atoms with Crippen LogP contribution in [0.15, 0.2) is 36.4 Å². The number of aryl methyl sites for hydroxylation is 1. The lowest BCUT2D eigenvalue weighted by Crippen LogP contribution is -2.59. The highest BCUT2D eigenvalue weighted by Crippen LogP contribution is 2.40. The third-order valence-electron chi connectivity index (χ3n) is 6.33. The SMILES string of the molecule is COc1ccc2c(c1)CCC1(CCCCN1CCc1ccc(F)cc1Cl)C2=O. The number of halogens is 2. The van der Waals surface area contributed by atoms with E-state index in [1.54, 1.807) is 13.2 Å². The molecule has 1 aliphatic heterocycles. The Labute approximate surface area is 170 Å². The van der Waals surface area contributed by atoms with E-state index in [0.29, 0.717) is 11.4 Å². The second-order valence-corrected chi connectivity index (χ2v) is 8.22. The van der Waals surface area contributed by atoms with Crippen LogP contribution in [0.1, 0.15) is 47.2 Å². The van der Waals surface area contributed by atoms with Crippen molar-refractivity contribution in [2.24, 2.45) is 0 Å². The molecule has 0 N–H and O–H groups in total. The van der Waals surface area contributed by atoms with Crippen molar-refractivity contribution >= 4 is 17.4 Å². The minimum absolute atomic E-state index is 0.237. The molecule has 0 amide bonds. The fourth-order valence-electron chi connectivity index (χ4n) is 4.77. The number of nitrogens with zero attached hydrogens (tertiary/aromatic N) is 1. The lowest BCUT2D eigenvalue weighted by Gasteiger charge is -2.48. The van der Waals surface area contributed by atoms with Crippen LogP contribution in [0.25, 0.3) is 0 Å². The van der Waals surface area contributed by atoms with Crippen molar-refractivity contribution in [3.63, 3.8) is 0 Å². The van der Waals surface area contributed by atoms with E-state index in [4.69, 9.17) is 16.3 Å². The number of benzene rings is 2. The molecule has 4 rings (SSSR count). The molecule has 1 heterocycles. The van der Waals surface area contributed by atoms with Crippen molar-refractivity contribution in [2.75, 3.05) is 20.2 Å². The van der Waals surface area contributed by atoms with Crippen molar-refractivity contribution in [2.45, 2.75) is 44.1 Å². The first-order chi connectivity index (χ1) is 13.5. The van der Waals surface area contributed by atoms with Crippen LogP contribution < -0.4 is 4.74 Å². The molecule has 1 atom stereocenters. The first kappa shape index (κ1) is 19.4. The number of methoxy groups -OCH3 is 1. The van der Waals surface area contributed by atoms with E-state index in [9.17, 15) is 9.18 Å². The molecule has 148 valence electrons. The van der Waals surface area contributed by atoms with Gasteiger partial charge in [0.1, 0.15) is 11.6 Å². The number of hydrogen-bond donors (Lipinski definition) is 0. The Morgan fingerprint density at radius 2 is 2.04 bits per heavy atom. The number of rotatable bonds is 4. The molecule has 1 aliphatic carbocycles. The summed E-state index contributed by atoms with van der Waals surface area (Å²) < 4.78 is 18.6. The number of ketones is 1. The highest BCUT2D eigenvalue weighted by Gasteiger charge is 2.47. The zero-order chi connectivity index (χ0) is 19.7. The summed E-state index contributed by atoms with van der Waals surface area (Å²) in [7, 11) is 1.65. The van der Waals surface area contributed by atoms with Gasteiger partial charge in [-0.1, -0.05) is 17.7 Å². The molecule has 0 saturated carbocycles. The molecule has 0 aromatic heterocycles. The summed E-state index contributed by atoms with van der Waals surface area (Å²) in [6, 6.07) is 10.3. The van der Waals surface area contributed by atoms with Crippen LogP contribution in [0.4, 0.5) is 4.39 Å². The van der Waals surface area contributed by atoms with Crippen molar-refractivity contribution in [1.29, 1.82) is 0 Å². The quantitative estimate of drug-likeness (QED) is 0.715. The Balaban J connectivity index is 1.58. The first-order valence-electron chi connectivity index (χ1n) is 9.94. The molecule has 1 spiro atoms. The van der Waals surface area contributed by atoms with Crippen LogP contribution in [0, 0.1) is 5.82 Å². The number of carbonyl (C=O) groups is 1. The van der Waals surface area contributed by atoms with Gasteiger partial charge in [-0.2, -0.15) is 0 Å². The van der Waals surface area contributed by atoms with Crippen molar-refractivity contribution in [3.8, 4) is 5.75 Å². The average molecular weight is 402 g/mol. The molecule has 1 fully saturated rings. The van der Waals surface area contributed by atoms with Gasteiger partial charge in [-0.15, -0.1) is 0 Å². The van der Waals surface area contributed by atoms with Gasteiger partial charge in [0.25, 0.3) is 0 Å². The normalized spacial score (nSPS) is 22.3. The smallest absolute Gasteiger partial charge is 0.183 e. The second kappa shape index (κ2) is 7.84. The molecule has 1 unspecified atom stereocenters. The summed E-state index contributed by atoms with van der Waals surface area (Å²) in [6.45, 7) is 1.67. The van der Waals surface area contributed by atoms with Gasteiger partial charge in [-0.25, -0.2) is 4.39 Å². The molecular weight excluding hydrogens is 377 g/mol. The molecule has 28 heavy (non-hydrogen) atoms. The standard InChI is InChI=1S/C23H25ClFNO2/c1-28-19-6-7-20-17(14-19)8-11-23(22(20)27)10-2-3-12-26(23)13-9-16-4-5-18(25)15-21(16)24/h4-7,14-15H,2-3,8-13H2,1H3. The Hall–Kier alpha value is -1.91. The summed E-state index contributed by atoms with van der Waals surface area (Å²) in [5.74, 6) is 0.716. The predicted octanol–water partition coefficient (Wildman–Crippen LogP) is 5.08. The van der Waals surface area contributed by atoms with Gasteiger partial charge in [-0.3, -0.25) is 9.69 Å². The number of carbonyl (C=O) groups excluding carboxylic acids is 1. The highest BCUT2D eigenvalue weighted by atomic mass is 35.5. The molecular formula is C23H25ClFNO2. The number of hydrogen-bond acceptors (Lipinski definition) is 3.